The second kappa shape index (κ2) is 6.67. The van der Waals surface area contributed by atoms with Gasteiger partial charge in [-0.2, -0.15) is 0 Å². The Bertz CT molecular complexity index is 492. The number of hydrogen-bond acceptors (Lipinski definition) is 4. The topological polar surface area (TPSA) is 81.4 Å². The average molecular weight is 272 g/mol. The smallest absolute Gasteiger partial charge is 0.340 e. The summed E-state index contributed by atoms with van der Waals surface area (Å²) < 4.78 is 31.5. The van der Waals surface area contributed by atoms with Crippen LogP contribution in [0.2, 0.25) is 0 Å². The van der Waals surface area contributed by atoms with E-state index in [9.17, 15) is 18.4 Å². The Hall–Kier alpha value is -2.18. The Morgan fingerprint density at radius 2 is 2.00 bits per heavy atom. The Labute approximate surface area is 108 Å². The zero-order chi connectivity index (χ0) is 14.4. The van der Waals surface area contributed by atoms with Crippen LogP contribution in [0.15, 0.2) is 12.1 Å². The molecule has 0 heterocycles. The molecule has 0 radical (unpaired) electrons. The Kier molecular flexibility index (Phi) is 5.23. The van der Waals surface area contributed by atoms with Gasteiger partial charge < -0.3 is 15.8 Å². The van der Waals surface area contributed by atoms with E-state index in [4.69, 9.17) is 5.73 Å². The highest BCUT2D eigenvalue weighted by molar-refractivity contribution is 5.90. The van der Waals surface area contributed by atoms with Gasteiger partial charge in [-0.05, 0) is 18.6 Å². The molecule has 1 amide bonds. The number of hydrogen-bond donors (Lipinski definition) is 2. The van der Waals surface area contributed by atoms with Crippen LogP contribution in [-0.2, 0) is 9.53 Å². The van der Waals surface area contributed by atoms with Crippen molar-refractivity contribution in [3.8, 4) is 0 Å². The van der Waals surface area contributed by atoms with Crippen molar-refractivity contribution in [2.75, 3.05) is 19.0 Å². The lowest BCUT2D eigenvalue weighted by Crippen LogP contribution is -2.14. The first kappa shape index (κ1) is 14.9. The monoisotopic (exact) mass is 272 g/mol. The van der Waals surface area contributed by atoms with Crippen molar-refractivity contribution in [3.63, 3.8) is 0 Å². The second-order valence-electron chi connectivity index (χ2n) is 3.78. The summed E-state index contributed by atoms with van der Waals surface area (Å²) in [5, 5.41) is 2.62. The molecule has 0 unspecified atom stereocenters. The maximum absolute atomic E-state index is 13.6. The summed E-state index contributed by atoms with van der Waals surface area (Å²) in [6, 6.07) is 2.36. The number of anilines is 1. The van der Waals surface area contributed by atoms with Crippen LogP contribution >= 0.6 is 0 Å². The molecular formula is C12H14F2N2O3. The highest BCUT2D eigenvalue weighted by atomic mass is 19.2. The van der Waals surface area contributed by atoms with Crippen molar-refractivity contribution in [1.82, 2.24) is 0 Å². The first-order valence-corrected chi connectivity index (χ1v) is 5.56. The summed E-state index contributed by atoms with van der Waals surface area (Å²) in [5.41, 5.74) is 4.38. The fourth-order valence-corrected chi connectivity index (χ4v) is 1.44. The van der Waals surface area contributed by atoms with Crippen LogP contribution in [0.1, 0.15) is 23.2 Å². The number of carbonyl (C=O) groups is 2. The molecule has 0 aliphatic heterocycles. The van der Waals surface area contributed by atoms with E-state index in [0.29, 0.717) is 6.42 Å². The van der Waals surface area contributed by atoms with Crippen LogP contribution in [0.25, 0.3) is 0 Å². The number of esters is 1. The Morgan fingerprint density at radius 1 is 1.32 bits per heavy atom. The first-order chi connectivity index (χ1) is 8.97. The molecule has 0 saturated heterocycles. The molecular weight excluding hydrogens is 258 g/mol. The third-order valence-electron chi connectivity index (χ3n) is 2.40. The molecule has 1 aromatic rings. The van der Waals surface area contributed by atoms with Crippen molar-refractivity contribution in [2.24, 2.45) is 5.73 Å². The fourth-order valence-electron chi connectivity index (χ4n) is 1.44. The van der Waals surface area contributed by atoms with Crippen LogP contribution < -0.4 is 11.1 Å². The van der Waals surface area contributed by atoms with Crippen molar-refractivity contribution in [3.05, 3.63) is 29.3 Å². The molecule has 0 fully saturated rings. The van der Waals surface area contributed by atoms with Gasteiger partial charge in [-0.3, -0.25) is 4.79 Å². The number of rotatable bonds is 6. The van der Waals surface area contributed by atoms with E-state index in [1.165, 1.54) is 6.07 Å². The van der Waals surface area contributed by atoms with Gasteiger partial charge in [-0.1, -0.05) is 0 Å². The summed E-state index contributed by atoms with van der Waals surface area (Å²) in [6.07, 6.45) is 0.548. The van der Waals surface area contributed by atoms with Crippen LogP contribution in [0.4, 0.5) is 14.5 Å². The standard InChI is InChI=1S/C12H14F2N2O3/c1-19-12(18)7-4-5-8(11(14)10(7)13)16-6-2-3-9(15)17/h4-5,16H,2-3,6H2,1H3,(H2,15,17). The number of benzene rings is 1. The van der Waals surface area contributed by atoms with E-state index in [2.05, 4.69) is 10.1 Å². The molecule has 3 N–H and O–H groups in total. The van der Waals surface area contributed by atoms with E-state index in [-0.39, 0.29) is 18.7 Å². The number of methoxy groups -OCH3 is 1. The first-order valence-electron chi connectivity index (χ1n) is 5.56. The molecule has 1 rings (SSSR count). The summed E-state index contributed by atoms with van der Waals surface area (Å²) in [5.74, 6) is -3.85. The molecule has 0 aliphatic carbocycles. The Balaban J connectivity index is 2.74. The molecule has 1 aromatic carbocycles. The summed E-state index contributed by atoms with van der Waals surface area (Å²) in [6.45, 7) is 0.261. The number of amides is 1. The highest BCUT2D eigenvalue weighted by Crippen LogP contribution is 2.21. The molecule has 5 nitrogen and oxygen atoms in total. The van der Waals surface area contributed by atoms with Gasteiger partial charge in [-0.15, -0.1) is 0 Å². The molecule has 0 atom stereocenters. The van der Waals surface area contributed by atoms with Crippen LogP contribution in [0.3, 0.4) is 0 Å². The number of ether oxygens (including phenoxy) is 1. The van der Waals surface area contributed by atoms with E-state index in [1.54, 1.807) is 0 Å². The minimum atomic E-state index is -1.27. The van der Waals surface area contributed by atoms with Crippen molar-refractivity contribution >= 4 is 17.6 Å². The molecule has 0 bridgehead atoms. The quantitative estimate of drug-likeness (QED) is 0.606. The van der Waals surface area contributed by atoms with Gasteiger partial charge in [0.15, 0.2) is 11.6 Å². The molecule has 104 valence electrons. The molecule has 19 heavy (non-hydrogen) atoms. The SMILES string of the molecule is COC(=O)c1ccc(NCCCC(N)=O)c(F)c1F. The van der Waals surface area contributed by atoms with Crippen molar-refractivity contribution in [2.45, 2.75) is 12.8 Å². The van der Waals surface area contributed by atoms with Gasteiger partial charge in [0.2, 0.25) is 5.91 Å². The molecule has 7 heteroatoms. The number of primary amides is 1. The van der Waals surface area contributed by atoms with Crippen molar-refractivity contribution < 1.29 is 23.1 Å². The zero-order valence-electron chi connectivity index (χ0n) is 10.3. The minimum absolute atomic E-state index is 0.0883. The highest BCUT2D eigenvalue weighted by Gasteiger charge is 2.18. The van der Waals surface area contributed by atoms with Gasteiger partial charge in [0, 0.05) is 13.0 Å². The lowest BCUT2D eigenvalue weighted by Gasteiger charge is -2.09. The Morgan fingerprint density at radius 3 is 2.58 bits per heavy atom. The summed E-state index contributed by atoms with van der Waals surface area (Å²) in [7, 11) is 1.08. The van der Waals surface area contributed by atoms with Gasteiger partial charge in [0.1, 0.15) is 0 Å². The van der Waals surface area contributed by atoms with Crippen LogP contribution in [-0.4, -0.2) is 25.5 Å². The third-order valence-corrected chi connectivity index (χ3v) is 2.40. The average Bonchev–Trinajstić information content (AvgIpc) is 2.38. The van der Waals surface area contributed by atoms with E-state index >= 15 is 0 Å². The molecule has 0 aromatic heterocycles. The lowest BCUT2D eigenvalue weighted by atomic mass is 10.1. The largest absolute Gasteiger partial charge is 0.465 e. The maximum Gasteiger partial charge on any atom is 0.340 e. The second-order valence-corrected chi connectivity index (χ2v) is 3.78. The van der Waals surface area contributed by atoms with Gasteiger partial charge >= 0.3 is 5.97 Å². The van der Waals surface area contributed by atoms with E-state index < -0.39 is 29.1 Å². The fraction of sp³-hybridized carbons (Fsp3) is 0.333. The number of nitrogens with two attached hydrogens (primary N) is 1. The summed E-state index contributed by atoms with van der Waals surface area (Å²) in [4.78, 5) is 21.6. The molecule has 0 saturated carbocycles. The predicted octanol–water partition coefficient (Wildman–Crippen LogP) is 1.43. The normalized spacial score (nSPS) is 10.1. The lowest BCUT2D eigenvalue weighted by molar-refractivity contribution is -0.118. The third kappa shape index (κ3) is 3.90. The molecule has 0 spiro atoms. The van der Waals surface area contributed by atoms with Crippen LogP contribution in [0, 0.1) is 11.6 Å². The van der Waals surface area contributed by atoms with Crippen molar-refractivity contribution in [1.29, 1.82) is 0 Å². The number of nitrogens with one attached hydrogen (secondary N) is 1. The predicted molar refractivity (Wildman–Crippen MR) is 64.6 cm³/mol. The zero-order valence-corrected chi connectivity index (χ0v) is 10.3. The van der Waals surface area contributed by atoms with E-state index in [0.717, 1.165) is 13.2 Å². The minimum Gasteiger partial charge on any atom is -0.465 e. The molecule has 0 aliphatic rings. The van der Waals surface area contributed by atoms with Crippen LogP contribution in [0.5, 0.6) is 0 Å². The van der Waals surface area contributed by atoms with Gasteiger partial charge in [-0.25, -0.2) is 13.6 Å². The summed E-state index contributed by atoms with van der Waals surface area (Å²) >= 11 is 0. The van der Waals surface area contributed by atoms with Gasteiger partial charge in [0.25, 0.3) is 0 Å². The maximum atomic E-state index is 13.6. The number of halogens is 2. The number of carbonyl (C=O) groups excluding carboxylic acids is 2. The van der Waals surface area contributed by atoms with Gasteiger partial charge in [0.05, 0.1) is 18.4 Å². The van der Waals surface area contributed by atoms with E-state index in [1.807, 2.05) is 0 Å².